The molecular formula is C36H46Cl2N10O7S3. The van der Waals surface area contributed by atoms with Crippen LogP contribution >= 0.6 is 23.2 Å². The molecule has 0 bridgehead atoms. The monoisotopic (exact) mass is 896 g/mol. The van der Waals surface area contributed by atoms with E-state index in [4.69, 9.17) is 40.4 Å². The van der Waals surface area contributed by atoms with Crippen LogP contribution in [0.1, 0.15) is 64.4 Å². The number of anilines is 3. The lowest BCUT2D eigenvalue weighted by atomic mass is 10.1. The quantitative estimate of drug-likeness (QED) is 0.132. The van der Waals surface area contributed by atoms with E-state index in [0.717, 1.165) is 12.8 Å². The zero-order valence-electron chi connectivity index (χ0n) is 32.0. The molecule has 1 atom stereocenters. The van der Waals surface area contributed by atoms with Gasteiger partial charge in [-0.1, -0.05) is 30.1 Å². The minimum atomic E-state index is -3.16. The number of nitrogens with two attached hydrogens (primary N) is 3. The molecule has 17 nitrogen and oxygen atoms in total. The normalized spacial score (nSPS) is 16.2. The molecule has 2 aliphatic heterocycles. The lowest BCUT2D eigenvalue weighted by molar-refractivity contribution is 0.103. The Morgan fingerprint density at radius 3 is 1.55 bits per heavy atom. The van der Waals surface area contributed by atoms with Gasteiger partial charge in [0.15, 0.2) is 11.6 Å². The fourth-order valence-electron chi connectivity index (χ4n) is 5.67. The molecule has 0 radical (unpaired) electrons. The zero-order valence-corrected chi connectivity index (χ0v) is 36.0. The summed E-state index contributed by atoms with van der Waals surface area (Å²) in [5, 5.41) is 4.37. The molecule has 0 spiro atoms. The van der Waals surface area contributed by atoms with E-state index in [1.54, 1.807) is 55.5 Å². The first-order valence-electron chi connectivity index (χ1n) is 17.9. The molecule has 7 N–H and O–H groups in total. The third-order valence-electron chi connectivity index (χ3n) is 9.01. The second kappa shape index (κ2) is 20.7. The molecular weight excluding hydrogens is 852 g/mol. The van der Waals surface area contributed by atoms with Crippen molar-refractivity contribution < 1.29 is 30.6 Å². The number of sulfonamides is 2. The lowest BCUT2D eigenvalue weighted by Crippen LogP contribution is -2.42. The van der Waals surface area contributed by atoms with E-state index in [2.05, 4.69) is 25.3 Å². The van der Waals surface area contributed by atoms with Crippen molar-refractivity contribution in [3.63, 3.8) is 0 Å². The molecule has 0 amide bonds. The first-order valence-corrected chi connectivity index (χ1v) is 23.7. The summed E-state index contributed by atoms with van der Waals surface area (Å²) in [7, 11) is -7.44. The van der Waals surface area contributed by atoms with Gasteiger partial charge in [0, 0.05) is 77.6 Å². The molecule has 0 aliphatic carbocycles. The number of carbonyl (C=O) groups excluding carboxylic acids is 2. The van der Waals surface area contributed by atoms with Crippen LogP contribution in [0.2, 0.25) is 10.0 Å². The topological polar surface area (TPSA) is 268 Å². The van der Waals surface area contributed by atoms with Gasteiger partial charge >= 0.3 is 0 Å². The maximum Gasteiger partial charge on any atom is 0.224 e. The summed E-state index contributed by atoms with van der Waals surface area (Å²) in [6.45, 7) is 3.81. The van der Waals surface area contributed by atoms with Crippen LogP contribution < -0.4 is 22.5 Å². The van der Waals surface area contributed by atoms with Gasteiger partial charge < -0.3 is 22.5 Å². The Hall–Kier alpha value is -4.15. The first-order chi connectivity index (χ1) is 27.3. The fraction of sp³-hybridized carbons (Fsp3) is 0.389. The van der Waals surface area contributed by atoms with Crippen molar-refractivity contribution in [1.29, 1.82) is 0 Å². The number of carbonyl (C=O) groups is 2. The highest BCUT2D eigenvalue weighted by atomic mass is 35.5. The number of nitrogens with zero attached hydrogens (tertiary/aromatic N) is 6. The first kappa shape index (κ1) is 46.5. The Kier molecular flexibility index (Phi) is 16.6. The molecule has 4 aromatic rings. The average molecular weight is 898 g/mol. The number of aromatic nitrogens is 4. The molecule has 22 heteroatoms. The summed E-state index contributed by atoms with van der Waals surface area (Å²) >= 11 is 11.6. The maximum atomic E-state index is 12.5. The molecule has 2 aromatic heterocycles. The van der Waals surface area contributed by atoms with Crippen molar-refractivity contribution in [2.45, 2.75) is 49.8 Å². The highest BCUT2D eigenvalue weighted by Gasteiger charge is 2.26. The average Bonchev–Trinajstić information content (AvgIpc) is 3.18. The van der Waals surface area contributed by atoms with E-state index in [1.807, 2.05) is 0 Å². The summed E-state index contributed by atoms with van der Waals surface area (Å²) < 4.78 is 59.6. The minimum Gasteiger partial charge on any atom is -0.383 e. The lowest BCUT2D eigenvalue weighted by Gasteiger charge is -2.30. The third kappa shape index (κ3) is 13.4. The summed E-state index contributed by atoms with van der Waals surface area (Å²) in [6.07, 6.45) is 8.00. The van der Waals surface area contributed by atoms with Crippen molar-refractivity contribution in [3.8, 4) is 0 Å². The molecule has 4 heterocycles. The van der Waals surface area contributed by atoms with Gasteiger partial charge in [0.25, 0.3) is 0 Å². The van der Waals surface area contributed by atoms with Gasteiger partial charge in [-0.3, -0.25) is 13.8 Å². The number of benzene rings is 2. The van der Waals surface area contributed by atoms with Crippen LogP contribution in [0.4, 0.5) is 17.6 Å². The van der Waals surface area contributed by atoms with E-state index in [0.29, 0.717) is 71.9 Å². The van der Waals surface area contributed by atoms with Gasteiger partial charge in [0.2, 0.25) is 31.2 Å². The SMILES string of the molecule is CCS(=O)c1ncc(C(=O)c2ccc(Cl)cc2)c(N)n1.CS(=O)(=O)N1CCC(N)CC1.CS(=O)(=O)N1CCC(Nc2ncc(C(=O)c3ccc(Cl)cc3)c(N)n2)CC1. The molecule has 2 aliphatic rings. The van der Waals surface area contributed by atoms with E-state index in [1.165, 1.54) is 33.5 Å². The van der Waals surface area contributed by atoms with Crippen molar-refractivity contribution in [3.05, 3.63) is 93.2 Å². The van der Waals surface area contributed by atoms with E-state index in [9.17, 15) is 30.6 Å². The summed E-state index contributed by atoms with van der Waals surface area (Å²) in [6, 6.07) is 13.2. The number of rotatable bonds is 10. The molecule has 6 rings (SSSR count). The van der Waals surface area contributed by atoms with Crippen LogP contribution in [0.5, 0.6) is 0 Å². The van der Waals surface area contributed by atoms with Gasteiger partial charge in [-0.05, 0) is 74.2 Å². The highest BCUT2D eigenvalue weighted by Crippen LogP contribution is 2.21. The van der Waals surface area contributed by atoms with E-state index >= 15 is 0 Å². The van der Waals surface area contributed by atoms with Crippen molar-refractivity contribution >= 4 is 83.2 Å². The number of ketones is 2. The molecule has 58 heavy (non-hydrogen) atoms. The number of nitrogen functional groups attached to an aromatic ring is 2. The van der Waals surface area contributed by atoms with Crippen LogP contribution in [0, 0.1) is 0 Å². The van der Waals surface area contributed by atoms with Gasteiger partial charge in [-0.25, -0.2) is 40.4 Å². The number of piperidine rings is 2. The Labute approximate surface area is 350 Å². The predicted octanol–water partition coefficient (Wildman–Crippen LogP) is 3.22. The second-order valence-corrected chi connectivity index (χ2v) is 19.8. The van der Waals surface area contributed by atoms with Gasteiger partial charge in [0.05, 0.1) is 34.4 Å². The number of hydrogen-bond acceptors (Lipinski definition) is 15. The molecule has 1 unspecified atom stereocenters. The van der Waals surface area contributed by atoms with Crippen molar-refractivity contribution in [1.82, 2.24) is 28.5 Å². The molecule has 2 aromatic carbocycles. The van der Waals surface area contributed by atoms with Crippen LogP contribution in [-0.4, -0.2) is 118 Å². The Balaban J connectivity index is 0.000000210. The molecule has 0 saturated carbocycles. The summed E-state index contributed by atoms with van der Waals surface area (Å²) in [5.74, 6) is 0.241. The standard InChI is InChI=1S/C17H20ClN5O3S.C13H12ClN3O2S.C6H14N2O2S/c1-27(25,26)23-8-6-13(7-9-23)21-17-20-10-14(16(19)22-17)15(24)11-2-4-12(18)5-3-11;1-2-20(19)13-16-7-10(12(15)17-13)11(18)8-3-5-9(14)6-4-8;1-11(9,10)8-4-2-6(7)3-5-8/h2-5,10,13H,6-9H2,1H3,(H3,19,20,21,22);3-7H,2H2,1H3,(H2,15,16,17);6H,2-5,7H2,1H3. The number of hydrogen-bond donors (Lipinski definition) is 4. The Morgan fingerprint density at radius 1 is 0.741 bits per heavy atom. The van der Waals surface area contributed by atoms with Crippen LogP contribution in [-0.2, 0) is 30.8 Å². The van der Waals surface area contributed by atoms with Crippen LogP contribution in [0.15, 0.2) is 66.1 Å². The van der Waals surface area contributed by atoms with Crippen LogP contribution in [0.25, 0.3) is 0 Å². The highest BCUT2D eigenvalue weighted by molar-refractivity contribution is 7.88. The Bertz CT molecular complexity index is 2310. The van der Waals surface area contributed by atoms with E-state index in [-0.39, 0.29) is 51.6 Å². The summed E-state index contributed by atoms with van der Waals surface area (Å²) in [5.41, 5.74) is 18.6. The molecule has 314 valence electrons. The largest absolute Gasteiger partial charge is 0.383 e. The maximum absolute atomic E-state index is 12.5. The van der Waals surface area contributed by atoms with E-state index < -0.39 is 30.8 Å². The molecule has 2 fully saturated rings. The smallest absolute Gasteiger partial charge is 0.224 e. The zero-order chi connectivity index (χ0) is 42.8. The minimum absolute atomic E-state index is 0.0248. The fourth-order valence-corrected chi connectivity index (χ4v) is 8.30. The van der Waals surface area contributed by atoms with Gasteiger partial charge in [-0.15, -0.1) is 0 Å². The van der Waals surface area contributed by atoms with Gasteiger partial charge in [0.1, 0.15) is 11.6 Å². The third-order valence-corrected chi connectivity index (χ3v) is 13.2. The second-order valence-electron chi connectivity index (χ2n) is 13.3. The van der Waals surface area contributed by atoms with Crippen molar-refractivity contribution in [2.24, 2.45) is 5.73 Å². The van der Waals surface area contributed by atoms with Gasteiger partial charge in [-0.2, -0.15) is 4.98 Å². The number of nitrogens with one attached hydrogen (secondary N) is 1. The molecule has 2 saturated heterocycles. The summed E-state index contributed by atoms with van der Waals surface area (Å²) in [4.78, 5) is 41.0. The van der Waals surface area contributed by atoms with Crippen molar-refractivity contribution in [2.75, 3.05) is 61.2 Å². The Morgan fingerprint density at radius 2 is 1.16 bits per heavy atom. The number of halogens is 2. The van der Waals surface area contributed by atoms with Crippen LogP contribution in [0.3, 0.4) is 0 Å². The predicted molar refractivity (Wildman–Crippen MR) is 226 cm³/mol.